The van der Waals surface area contributed by atoms with Gasteiger partial charge < -0.3 is 14.7 Å². The first-order valence-electron chi connectivity index (χ1n) is 12.4. The molecule has 176 valence electrons. The summed E-state index contributed by atoms with van der Waals surface area (Å²) in [5.41, 5.74) is 1.70. The van der Waals surface area contributed by atoms with Gasteiger partial charge in [0.2, 0.25) is 5.91 Å². The molecule has 34 heavy (non-hydrogen) atoms. The van der Waals surface area contributed by atoms with E-state index in [4.69, 9.17) is 9.97 Å². The number of hydrogen-bond donors (Lipinski definition) is 0. The van der Waals surface area contributed by atoms with Crippen molar-refractivity contribution in [2.75, 3.05) is 29.4 Å². The number of amides is 1. The molecule has 3 fully saturated rings. The summed E-state index contributed by atoms with van der Waals surface area (Å²) in [7, 11) is 0. The minimum Gasteiger partial charge on any atom is -0.350 e. The van der Waals surface area contributed by atoms with Gasteiger partial charge in [-0.2, -0.15) is 5.26 Å². The molecule has 1 spiro atoms. The maximum Gasteiger partial charge on any atom is 0.228 e. The zero-order chi connectivity index (χ0) is 23.7. The molecule has 2 aromatic rings. The number of rotatable bonds is 3. The minimum atomic E-state index is -0.145. The fraction of sp³-hybridized carbons (Fsp3) is 0.577. The summed E-state index contributed by atoms with van der Waals surface area (Å²) in [4.78, 5) is 33.9. The molecule has 0 unspecified atom stereocenters. The normalized spacial score (nSPS) is 26.1. The predicted molar refractivity (Wildman–Crippen MR) is 129 cm³/mol. The molecule has 8 nitrogen and oxygen atoms in total. The first-order valence-corrected chi connectivity index (χ1v) is 12.4. The smallest absolute Gasteiger partial charge is 0.228 e. The van der Waals surface area contributed by atoms with E-state index in [1.165, 1.54) is 12.0 Å². The van der Waals surface area contributed by atoms with Gasteiger partial charge in [-0.25, -0.2) is 15.0 Å². The molecule has 2 aliphatic heterocycles. The van der Waals surface area contributed by atoms with Crippen LogP contribution in [0.25, 0.3) is 0 Å². The van der Waals surface area contributed by atoms with Gasteiger partial charge in [0.25, 0.3) is 0 Å². The number of nitriles is 1. The largest absolute Gasteiger partial charge is 0.350 e. The Kier molecular flexibility index (Phi) is 4.64. The second-order valence-corrected chi connectivity index (χ2v) is 11.0. The van der Waals surface area contributed by atoms with Crippen molar-refractivity contribution in [3.05, 3.63) is 35.8 Å². The van der Waals surface area contributed by atoms with Gasteiger partial charge in [-0.15, -0.1) is 0 Å². The summed E-state index contributed by atoms with van der Waals surface area (Å²) in [5, 5.41) is 9.39. The lowest BCUT2D eigenvalue weighted by molar-refractivity contribution is -0.139. The fourth-order valence-electron chi connectivity index (χ4n) is 6.01. The molecular weight excluding hydrogens is 426 g/mol. The third-order valence-corrected chi connectivity index (χ3v) is 8.55. The molecule has 1 amide bonds. The highest BCUT2D eigenvalue weighted by Gasteiger charge is 2.53. The fourth-order valence-corrected chi connectivity index (χ4v) is 6.01. The first-order chi connectivity index (χ1) is 16.3. The third-order valence-electron chi connectivity index (χ3n) is 8.55. The van der Waals surface area contributed by atoms with E-state index < -0.39 is 0 Å². The zero-order valence-corrected chi connectivity index (χ0v) is 20.2. The van der Waals surface area contributed by atoms with Crippen LogP contribution in [0.4, 0.5) is 17.5 Å². The van der Waals surface area contributed by atoms with Crippen molar-refractivity contribution in [2.24, 2.45) is 5.41 Å². The maximum absolute atomic E-state index is 13.1. The molecule has 0 aromatic carbocycles. The lowest BCUT2D eigenvalue weighted by Crippen LogP contribution is -2.60. The van der Waals surface area contributed by atoms with Crippen molar-refractivity contribution in [2.45, 2.75) is 70.4 Å². The number of carbonyl (C=O) groups is 1. The molecule has 4 aliphatic rings. The molecule has 2 atom stereocenters. The van der Waals surface area contributed by atoms with Crippen LogP contribution in [-0.4, -0.2) is 57.5 Å². The molecule has 6 rings (SSSR count). The highest BCUT2D eigenvalue weighted by molar-refractivity contribution is 5.85. The maximum atomic E-state index is 13.1. The predicted octanol–water partition coefficient (Wildman–Crippen LogP) is 3.54. The van der Waals surface area contributed by atoms with Crippen LogP contribution in [0.3, 0.4) is 0 Å². The van der Waals surface area contributed by atoms with Crippen LogP contribution in [0.15, 0.2) is 24.7 Å². The molecule has 0 N–H and O–H groups in total. The SMILES string of the molecule is C[C@@H]1CN(c2ncnc3c2C2(CCC2)CN3c2cc(C#N)ccn2)[C@@H](C)CN1C(=O)C1(C)CC1. The van der Waals surface area contributed by atoms with E-state index in [0.717, 1.165) is 62.8 Å². The van der Waals surface area contributed by atoms with Crippen molar-refractivity contribution < 1.29 is 4.79 Å². The van der Waals surface area contributed by atoms with Crippen LogP contribution in [0.1, 0.15) is 64.0 Å². The Hall–Kier alpha value is -3.21. The number of fused-ring (bicyclic) bond motifs is 2. The van der Waals surface area contributed by atoms with Gasteiger partial charge in [-0.05, 0) is 51.7 Å². The highest BCUT2D eigenvalue weighted by Crippen LogP contribution is 2.56. The summed E-state index contributed by atoms with van der Waals surface area (Å²) in [6, 6.07) is 6.11. The van der Waals surface area contributed by atoms with Crippen LogP contribution < -0.4 is 9.80 Å². The number of hydrogen-bond acceptors (Lipinski definition) is 7. The minimum absolute atomic E-state index is 0.0215. The van der Waals surface area contributed by atoms with Gasteiger partial charge in [0.05, 0.1) is 11.6 Å². The van der Waals surface area contributed by atoms with Gasteiger partial charge in [0, 0.05) is 54.3 Å². The van der Waals surface area contributed by atoms with Crippen molar-refractivity contribution in [1.82, 2.24) is 19.9 Å². The Morgan fingerprint density at radius 2 is 1.85 bits per heavy atom. The Bertz CT molecular complexity index is 1200. The summed E-state index contributed by atoms with van der Waals surface area (Å²) in [6.45, 7) is 8.76. The van der Waals surface area contributed by atoms with Crippen LogP contribution >= 0.6 is 0 Å². The van der Waals surface area contributed by atoms with Crippen molar-refractivity contribution >= 4 is 23.4 Å². The average Bonchev–Trinajstić information content (AvgIpc) is 3.47. The van der Waals surface area contributed by atoms with Gasteiger partial charge >= 0.3 is 0 Å². The van der Waals surface area contributed by atoms with E-state index in [0.29, 0.717) is 11.5 Å². The quantitative estimate of drug-likeness (QED) is 0.696. The first kappa shape index (κ1) is 21.3. The number of piperazine rings is 1. The van der Waals surface area contributed by atoms with E-state index in [1.807, 2.05) is 6.07 Å². The van der Waals surface area contributed by atoms with Gasteiger partial charge in [-0.1, -0.05) is 13.3 Å². The Morgan fingerprint density at radius 3 is 2.53 bits per heavy atom. The molecule has 4 heterocycles. The Morgan fingerprint density at radius 1 is 1.09 bits per heavy atom. The van der Waals surface area contributed by atoms with Crippen LogP contribution in [0.2, 0.25) is 0 Å². The summed E-state index contributed by atoms with van der Waals surface area (Å²) in [5.74, 6) is 3.00. The lowest BCUT2D eigenvalue weighted by Gasteiger charge is -2.47. The van der Waals surface area contributed by atoms with Gasteiger partial charge in [0.1, 0.15) is 23.8 Å². The van der Waals surface area contributed by atoms with Crippen LogP contribution in [0.5, 0.6) is 0 Å². The topological polar surface area (TPSA) is 89.2 Å². The van der Waals surface area contributed by atoms with E-state index in [2.05, 4.69) is 46.5 Å². The van der Waals surface area contributed by atoms with Gasteiger partial charge in [0.15, 0.2) is 0 Å². The second-order valence-electron chi connectivity index (χ2n) is 11.0. The van der Waals surface area contributed by atoms with Crippen LogP contribution in [0, 0.1) is 16.7 Å². The summed E-state index contributed by atoms with van der Waals surface area (Å²) in [6.07, 6.45) is 8.78. The highest BCUT2D eigenvalue weighted by atomic mass is 16.2. The molecule has 0 radical (unpaired) electrons. The number of aromatic nitrogens is 3. The van der Waals surface area contributed by atoms with E-state index >= 15 is 0 Å². The molecule has 1 saturated heterocycles. The molecule has 2 aromatic heterocycles. The number of carbonyl (C=O) groups excluding carboxylic acids is 1. The average molecular weight is 458 g/mol. The molecule has 0 bridgehead atoms. The van der Waals surface area contributed by atoms with Gasteiger partial charge in [-0.3, -0.25) is 4.79 Å². The third kappa shape index (κ3) is 3.09. The number of nitrogens with zero attached hydrogens (tertiary/aromatic N) is 7. The molecular formula is C26H31N7O. The van der Waals surface area contributed by atoms with E-state index in [-0.39, 0.29) is 22.9 Å². The zero-order valence-electron chi connectivity index (χ0n) is 20.2. The van der Waals surface area contributed by atoms with Crippen molar-refractivity contribution in [3.63, 3.8) is 0 Å². The Balaban J connectivity index is 1.36. The van der Waals surface area contributed by atoms with E-state index in [9.17, 15) is 10.1 Å². The number of anilines is 3. The molecule has 8 heteroatoms. The van der Waals surface area contributed by atoms with Crippen molar-refractivity contribution in [3.8, 4) is 6.07 Å². The molecule has 2 saturated carbocycles. The standard InChI is InChI=1S/C26H31N7O/c1-17-14-32(24(34)25(3)8-9-25)18(2)13-31(17)22-21-23(30-16-29-22)33(15-26(21)6-4-7-26)20-11-19(12-27)5-10-28-20/h5,10-11,16-18H,4,6-9,13-15H2,1-3H3/t17-,18+/m0/s1. The monoisotopic (exact) mass is 457 g/mol. The summed E-state index contributed by atoms with van der Waals surface area (Å²) >= 11 is 0. The molecule has 2 aliphatic carbocycles. The lowest BCUT2D eigenvalue weighted by atomic mass is 9.66. The van der Waals surface area contributed by atoms with Crippen molar-refractivity contribution in [1.29, 1.82) is 5.26 Å². The second kappa shape index (κ2) is 7.39. The Labute approximate surface area is 200 Å². The van der Waals surface area contributed by atoms with E-state index in [1.54, 1.807) is 18.6 Å². The number of pyridine rings is 1. The summed E-state index contributed by atoms with van der Waals surface area (Å²) < 4.78 is 0. The van der Waals surface area contributed by atoms with Crippen LogP contribution in [-0.2, 0) is 10.2 Å².